The monoisotopic (exact) mass is 513 g/mol. The molecule has 6 nitrogen and oxygen atoms in total. The maximum atomic E-state index is 11.3. The van der Waals surface area contributed by atoms with Crippen molar-refractivity contribution >= 4 is 22.2 Å². The van der Waals surface area contributed by atoms with Gasteiger partial charge in [0.2, 0.25) is 0 Å². The Morgan fingerprint density at radius 2 is 1.87 bits per heavy atom. The predicted octanol–water partition coefficient (Wildman–Crippen LogP) is 4.48. The maximum absolute atomic E-state index is 11.3. The highest BCUT2D eigenvalue weighted by atomic mass is 16.5. The number of hydrogen-bond donors (Lipinski definition) is 3. The molecule has 200 valence electrons. The van der Waals surface area contributed by atoms with E-state index in [2.05, 4.69) is 62.2 Å². The van der Waals surface area contributed by atoms with Crippen molar-refractivity contribution in [2.45, 2.75) is 75.9 Å². The Hall–Kier alpha value is -2.51. The van der Waals surface area contributed by atoms with Crippen molar-refractivity contribution < 1.29 is 14.9 Å². The van der Waals surface area contributed by atoms with Gasteiger partial charge in [-0.2, -0.15) is 0 Å². The first-order valence-corrected chi connectivity index (χ1v) is 14.0. The lowest BCUT2D eigenvalue weighted by Gasteiger charge is -2.60. The number of aliphatic hydroxyl groups is 2. The molecule has 7 rings (SSSR count). The van der Waals surface area contributed by atoms with E-state index in [-0.39, 0.29) is 22.8 Å². The largest absolute Gasteiger partial charge is 0.388 e. The molecule has 2 bridgehead atoms. The molecule has 5 aliphatic rings. The maximum Gasteiger partial charge on any atom is 0.123 e. The van der Waals surface area contributed by atoms with Gasteiger partial charge in [0.1, 0.15) is 11.9 Å². The molecule has 2 fully saturated rings. The first-order chi connectivity index (χ1) is 17.9. The Labute approximate surface area is 224 Å². The number of likely N-dealkylation sites (N-methyl/N-ethyl adjacent to an activating group) is 1. The number of aliphatic hydroxyl groups excluding tert-OH is 2. The number of nitrogens with zero attached hydrogens (tertiary/aromatic N) is 2. The zero-order valence-electron chi connectivity index (χ0n) is 23.0. The first kappa shape index (κ1) is 24.5. The fourth-order valence-corrected chi connectivity index (χ4v) is 8.84. The Kier molecular flexibility index (Phi) is 4.88. The Morgan fingerprint density at radius 1 is 1.08 bits per heavy atom. The smallest absolute Gasteiger partial charge is 0.123 e. The van der Waals surface area contributed by atoms with Crippen molar-refractivity contribution in [3.05, 3.63) is 65.4 Å². The first-order valence-electron chi connectivity index (χ1n) is 14.0. The lowest BCUT2D eigenvalue weighted by Crippen LogP contribution is -2.63. The van der Waals surface area contributed by atoms with E-state index in [1.807, 2.05) is 31.3 Å². The standard InChI is InChI=1S/C32H39N3O3/c1-29(2)15-21-14-23-27(36)28(37)24(35(4)5)16-31(23)10-11-32(21,38-31)25-9-8-22(30(25,29)3)19-7-6-18-13-26(33)34-17-20(18)12-19/h6-8,12-15,17,24-25,27-28,36-37H,9-11,16H2,1-5H3,(H2,33,34). The van der Waals surface area contributed by atoms with Crippen LogP contribution in [0.2, 0.25) is 0 Å². The number of pyridine rings is 1. The Bertz CT molecular complexity index is 1460. The number of ether oxygens (including phenoxy) is 1. The Morgan fingerprint density at radius 3 is 2.63 bits per heavy atom. The molecule has 4 N–H and O–H groups in total. The van der Waals surface area contributed by atoms with E-state index in [4.69, 9.17) is 10.5 Å². The SMILES string of the molecule is CN(C)C1CC23CCC4(O2)C(=CC(C)(C)C2(C)C(c5ccc6cc(N)ncc6c5)=CCC42)C=C3C(O)C1O. The average Bonchev–Trinajstić information content (AvgIpc) is 3.40. The number of allylic oxidation sites excluding steroid dienone is 3. The van der Waals surface area contributed by atoms with E-state index in [1.54, 1.807) is 0 Å². The number of fused-ring (bicyclic) bond motifs is 2. The van der Waals surface area contributed by atoms with E-state index in [9.17, 15) is 10.2 Å². The summed E-state index contributed by atoms with van der Waals surface area (Å²) < 4.78 is 7.33. The lowest BCUT2D eigenvalue weighted by molar-refractivity contribution is -0.170. The molecule has 2 spiro atoms. The quantitative estimate of drug-likeness (QED) is 0.549. The van der Waals surface area contributed by atoms with Gasteiger partial charge in [0, 0.05) is 29.0 Å². The lowest BCUT2D eigenvalue weighted by atomic mass is 9.49. The Balaban J connectivity index is 1.35. The summed E-state index contributed by atoms with van der Waals surface area (Å²) in [5, 5.41) is 24.5. The molecule has 1 saturated heterocycles. The van der Waals surface area contributed by atoms with Crippen LogP contribution in [0.3, 0.4) is 0 Å². The number of nitrogens with two attached hydrogens (primary N) is 1. The molecule has 1 saturated carbocycles. The molecule has 3 heterocycles. The fourth-order valence-electron chi connectivity index (χ4n) is 8.84. The van der Waals surface area contributed by atoms with E-state index >= 15 is 0 Å². The van der Waals surface area contributed by atoms with Gasteiger partial charge in [-0.3, -0.25) is 0 Å². The van der Waals surface area contributed by atoms with Crippen molar-refractivity contribution in [1.29, 1.82) is 0 Å². The third-order valence-corrected chi connectivity index (χ3v) is 11.1. The van der Waals surface area contributed by atoms with Crippen molar-refractivity contribution in [3.63, 3.8) is 0 Å². The van der Waals surface area contributed by atoms with Gasteiger partial charge in [-0.25, -0.2) is 4.98 Å². The molecule has 6 heteroatoms. The van der Waals surface area contributed by atoms with Crippen LogP contribution in [0.1, 0.15) is 52.0 Å². The average molecular weight is 514 g/mol. The molecule has 1 aromatic heterocycles. The van der Waals surface area contributed by atoms with Crippen molar-refractivity contribution in [1.82, 2.24) is 9.88 Å². The van der Waals surface area contributed by atoms with Gasteiger partial charge in [0.25, 0.3) is 0 Å². The van der Waals surface area contributed by atoms with Gasteiger partial charge in [-0.1, -0.05) is 51.1 Å². The van der Waals surface area contributed by atoms with Crippen molar-refractivity contribution in [2.75, 3.05) is 19.8 Å². The zero-order chi connectivity index (χ0) is 26.8. The summed E-state index contributed by atoms with van der Waals surface area (Å²) in [6.07, 6.45) is 10.6. The van der Waals surface area contributed by atoms with Gasteiger partial charge in [-0.05, 0) is 85.0 Å². The van der Waals surface area contributed by atoms with Crippen LogP contribution in [-0.2, 0) is 4.74 Å². The molecule has 7 atom stereocenters. The number of aromatic nitrogens is 1. The summed E-state index contributed by atoms with van der Waals surface area (Å²) in [5.74, 6) is 0.815. The second-order valence-electron chi connectivity index (χ2n) is 13.4. The van der Waals surface area contributed by atoms with Crippen LogP contribution in [0.5, 0.6) is 0 Å². The van der Waals surface area contributed by atoms with E-state index in [0.29, 0.717) is 12.2 Å². The third kappa shape index (κ3) is 2.90. The van der Waals surface area contributed by atoms with Crippen molar-refractivity contribution in [2.24, 2.45) is 16.7 Å². The highest BCUT2D eigenvalue weighted by molar-refractivity contribution is 5.88. The topological polar surface area (TPSA) is 91.8 Å². The van der Waals surface area contributed by atoms with E-state index in [0.717, 1.165) is 35.6 Å². The van der Waals surface area contributed by atoms with Crippen LogP contribution in [0, 0.1) is 16.7 Å². The summed E-state index contributed by atoms with van der Waals surface area (Å²) in [7, 11) is 3.96. The molecule has 2 aromatic rings. The molecular formula is C32H39N3O3. The summed E-state index contributed by atoms with van der Waals surface area (Å²) in [6, 6.07) is 8.42. The molecule has 2 aliphatic heterocycles. The van der Waals surface area contributed by atoms with Crippen LogP contribution >= 0.6 is 0 Å². The number of hydrogen-bond acceptors (Lipinski definition) is 6. The number of anilines is 1. The third-order valence-electron chi connectivity index (χ3n) is 11.1. The van der Waals surface area contributed by atoms with E-state index < -0.39 is 23.4 Å². The van der Waals surface area contributed by atoms with Gasteiger partial charge < -0.3 is 25.6 Å². The van der Waals surface area contributed by atoms with E-state index in [1.165, 1.54) is 16.7 Å². The van der Waals surface area contributed by atoms with Gasteiger partial charge in [-0.15, -0.1) is 0 Å². The second kappa shape index (κ2) is 7.57. The van der Waals surface area contributed by atoms with Crippen LogP contribution < -0.4 is 5.73 Å². The molecule has 3 aliphatic carbocycles. The van der Waals surface area contributed by atoms with Gasteiger partial charge in [0.15, 0.2) is 0 Å². The molecule has 0 amide bonds. The molecule has 0 radical (unpaired) electrons. The van der Waals surface area contributed by atoms with Crippen LogP contribution in [0.25, 0.3) is 16.3 Å². The molecule has 38 heavy (non-hydrogen) atoms. The van der Waals surface area contributed by atoms with Crippen molar-refractivity contribution in [3.8, 4) is 0 Å². The molecule has 1 aromatic carbocycles. The fraction of sp³-hybridized carbons (Fsp3) is 0.531. The molecular weight excluding hydrogens is 474 g/mol. The van der Waals surface area contributed by atoms with Crippen LogP contribution in [-0.4, -0.2) is 63.6 Å². The minimum atomic E-state index is -0.915. The van der Waals surface area contributed by atoms with Crippen LogP contribution in [0.4, 0.5) is 5.82 Å². The normalized spacial score (nSPS) is 40.8. The summed E-state index contributed by atoms with van der Waals surface area (Å²) in [6.45, 7) is 7.11. The highest BCUT2D eigenvalue weighted by Crippen LogP contribution is 2.71. The number of benzene rings is 1. The minimum absolute atomic E-state index is 0.143. The summed E-state index contributed by atoms with van der Waals surface area (Å²) in [5.41, 5.74) is 9.39. The zero-order valence-corrected chi connectivity index (χ0v) is 23.0. The summed E-state index contributed by atoms with van der Waals surface area (Å²) >= 11 is 0. The summed E-state index contributed by atoms with van der Waals surface area (Å²) in [4.78, 5) is 6.37. The number of rotatable bonds is 2. The highest BCUT2D eigenvalue weighted by Gasteiger charge is 2.70. The second-order valence-corrected chi connectivity index (χ2v) is 13.4. The minimum Gasteiger partial charge on any atom is -0.388 e. The van der Waals surface area contributed by atoms with Gasteiger partial charge in [0.05, 0.1) is 17.3 Å². The predicted molar refractivity (Wildman–Crippen MR) is 150 cm³/mol. The van der Waals surface area contributed by atoms with Crippen LogP contribution in [0.15, 0.2) is 59.8 Å². The van der Waals surface area contributed by atoms with Gasteiger partial charge >= 0.3 is 0 Å². The molecule has 7 unspecified atom stereocenters. The number of nitrogen functional groups attached to an aromatic ring is 1.